The standard InChI is InChI=1S/C21H20F3N3O3/c1-12-10-27(12)19-15-5-3-2-4-13(15)6-7-16(19)18(21(22,23)24)17(8-25)20(30)26-9-14(29)11-28/h2-7,12,14,28-29H,9-11H2,1H3,(H,26,30)/b18-17-. The molecule has 3 rings (SSSR count). The highest BCUT2D eigenvalue weighted by Gasteiger charge is 2.43. The third kappa shape index (κ3) is 4.25. The summed E-state index contributed by atoms with van der Waals surface area (Å²) in [5.41, 5.74) is -2.36. The monoisotopic (exact) mass is 419 g/mol. The minimum absolute atomic E-state index is 0.0307. The van der Waals surface area contributed by atoms with Gasteiger partial charge < -0.3 is 20.4 Å². The number of carbonyl (C=O) groups excluding carboxylic acids is 1. The molecule has 3 N–H and O–H groups in total. The Morgan fingerprint density at radius 2 is 2.00 bits per heavy atom. The highest BCUT2D eigenvalue weighted by Crippen LogP contribution is 2.46. The molecule has 1 heterocycles. The van der Waals surface area contributed by atoms with Crippen molar-refractivity contribution in [2.75, 3.05) is 24.6 Å². The van der Waals surface area contributed by atoms with Crippen LogP contribution >= 0.6 is 0 Å². The van der Waals surface area contributed by atoms with Crippen molar-refractivity contribution >= 4 is 27.9 Å². The minimum atomic E-state index is -4.98. The summed E-state index contributed by atoms with van der Waals surface area (Å²) in [6.45, 7) is 1.26. The fourth-order valence-electron chi connectivity index (χ4n) is 3.33. The van der Waals surface area contributed by atoms with Gasteiger partial charge in [-0.1, -0.05) is 36.4 Å². The Hall–Kier alpha value is -3.09. The van der Waals surface area contributed by atoms with Crippen molar-refractivity contribution in [3.63, 3.8) is 0 Å². The molecule has 1 aliphatic heterocycles. The van der Waals surface area contributed by atoms with Gasteiger partial charge in [0.15, 0.2) is 0 Å². The van der Waals surface area contributed by atoms with E-state index in [2.05, 4.69) is 5.32 Å². The Kier molecular flexibility index (Phi) is 6.01. The van der Waals surface area contributed by atoms with E-state index in [1.54, 1.807) is 29.2 Å². The van der Waals surface area contributed by atoms with Crippen LogP contribution in [0.2, 0.25) is 0 Å². The number of hydrogen-bond donors (Lipinski definition) is 3. The predicted molar refractivity (Wildman–Crippen MR) is 105 cm³/mol. The average molecular weight is 419 g/mol. The van der Waals surface area contributed by atoms with Crippen molar-refractivity contribution in [2.24, 2.45) is 0 Å². The van der Waals surface area contributed by atoms with E-state index in [0.717, 1.165) is 5.39 Å². The van der Waals surface area contributed by atoms with E-state index in [1.807, 2.05) is 6.92 Å². The highest BCUT2D eigenvalue weighted by atomic mass is 19.4. The van der Waals surface area contributed by atoms with E-state index in [0.29, 0.717) is 17.6 Å². The number of benzene rings is 2. The maximum Gasteiger partial charge on any atom is 0.418 e. The van der Waals surface area contributed by atoms with Crippen LogP contribution < -0.4 is 10.2 Å². The largest absolute Gasteiger partial charge is 0.418 e. The van der Waals surface area contributed by atoms with E-state index in [-0.39, 0.29) is 11.6 Å². The zero-order valence-electron chi connectivity index (χ0n) is 16.1. The number of nitrogens with zero attached hydrogens (tertiary/aromatic N) is 2. The summed E-state index contributed by atoms with van der Waals surface area (Å²) < 4.78 is 42.4. The first kappa shape index (κ1) is 21.6. The number of nitriles is 1. The fraction of sp³-hybridized carbons (Fsp3) is 0.333. The van der Waals surface area contributed by atoms with E-state index in [9.17, 15) is 28.3 Å². The van der Waals surface area contributed by atoms with Crippen LogP contribution in [-0.4, -0.2) is 54.1 Å². The van der Waals surface area contributed by atoms with Gasteiger partial charge in [-0.3, -0.25) is 4.79 Å². The Balaban J connectivity index is 2.22. The lowest BCUT2D eigenvalue weighted by Crippen LogP contribution is -2.35. The second-order valence-electron chi connectivity index (χ2n) is 7.09. The minimum Gasteiger partial charge on any atom is -0.394 e. The maximum absolute atomic E-state index is 14.1. The van der Waals surface area contributed by atoms with Crippen LogP contribution in [0.3, 0.4) is 0 Å². The third-order valence-corrected chi connectivity index (χ3v) is 4.90. The Labute approximate surface area is 170 Å². The van der Waals surface area contributed by atoms with Crippen molar-refractivity contribution in [1.82, 2.24) is 5.32 Å². The van der Waals surface area contributed by atoms with Crippen LogP contribution in [0.4, 0.5) is 18.9 Å². The molecule has 0 aliphatic carbocycles. The van der Waals surface area contributed by atoms with Gasteiger partial charge in [-0.2, -0.15) is 18.4 Å². The highest BCUT2D eigenvalue weighted by molar-refractivity contribution is 6.10. The number of aliphatic hydroxyl groups excluding tert-OH is 2. The molecule has 1 aliphatic rings. The molecule has 0 bridgehead atoms. The number of aliphatic hydroxyl groups is 2. The number of alkyl halides is 3. The number of nitrogens with one attached hydrogen (secondary N) is 1. The van der Waals surface area contributed by atoms with E-state index >= 15 is 0 Å². The van der Waals surface area contributed by atoms with Crippen LogP contribution in [0.15, 0.2) is 42.0 Å². The number of halogens is 3. The zero-order valence-corrected chi connectivity index (χ0v) is 16.1. The predicted octanol–water partition coefficient (Wildman–Crippen LogP) is 2.36. The SMILES string of the molecule is CC1CN1c1c(/C(=C(\C#N)C(=O)NCC(O)CO)C(F)(F)F)ccc2ccccc12. The molecule has 2 aromatic carbocycles. The normalized spacial score (nSPS) is 17.9. The second kappa shape index (κ2) is 8.34. The van der Waals surface area contributed by atoms with Gasteiger partial charge in [-0.05, 0) is 12.3 Å². The first-order chi connectivity index (χ1) is 14.2. The van der Waals surface area contributed by atoms with Crippen LogP contribution in [-0.2, 0) is 4.79 Å². The second-order valence-corrected chi connectivity index (χ2v) is 7.09. The molecule has 0 saturated carbocycles. The quantitative estimate of drug-likeness (QED) is 0.380. The topological polar surface area (TPSA) is 96.4 Å². The van der Waals surface area contributed by atoms with Gasteiger partial charge in [0, 0.05) is 30.1 Å². The van der Waals surface area contributed by atoms with E-state index in [4.69, 9.17) is 5.11 Å². The molecule has 30 heavy (non-hydrogen) atoms. The first-order valence-corrected chi connectivity index (χ1v) is 9.26. The fourth-order valence-corrected chi connectivity index (χ4v) is 3.33. The van der Waals surface area contributed by atoms with Crippen molar-refractivity contribution in [2.45, 2.75) is 25.2 Å². The Morgan fingerprint density at radius 3 is 2.57 bits per heavy atom. The molecule has 1 fully saturated rings. The molecule has 0 spiro atoms. The molecular formula is C21H20F3N3O3. The number of allylic oxidation sites excluding steroid dienone is 1. The average Bonchev–Trinajstić information content (AvgIpc) is 3.44. The number of rotatable bonds is 6. The van der Waals surface area contributed by atoms with Gasteiger partial charge in [-0.25, -0.2) is 0 Å². The maximum atomic E-state index is 14.1. The number of carbonyl (C=O) groups is 1. The molecule has 6 nitrogen and oxygen atoms in total. The van der Waals surface area contributed by atoms with E-state index < -0.39 is 42.5 Å². The van der Waals surface area contributed by atoms with Gasteiger partial charge in [-0.15, -0.1) is 0 Å². The molecular weight excluding hydrogens is 399 g/mol. The van der Waals surface area contributed by atoms with Gasteiger partial charge in [0.1, 0.15) is 11.6 Å². The molecule has 158 valence electrons. The van der Waals surface area contributed by atoms with Gasteiger partial charge in [0.2, 0.25) is 0 Å². The van der Waals surface area contributed by atoms with Gasteiger partial charge >= 0.3 is 6.18 Å². The molecule has 0 radical (unpaired) electrons. The molecule has 1 saturated heterocycles. The first-order valence-electron chi connectivity index (χ1n) is 9.26. The van der Waals surface area contributed by atoms with Crippen molar-refractivity contribution < 1.29 is 28.2 Å². The van der Waals surface area contributed by atoms with Crippen molar-refractivity contribution in [3.05, 3.63) is 47.5 Å². The Morgan fingerprint density at radius 1 is 1.33 bits per heavy atom. The number of fused-ring (bicyclic) bond motifs is 1. The van der Waals surface area contributed by atoms with Crippen LogP contribution in [0.5, 0.6) is 0 Å². The molecule has 2 aromatic rings. The Bertz CT molecular complexity index is 1040. The third-order valence-electron chi connectivity index (χ3n) is 4.90. The molecule has 2 atom stereocenters. The van der Waals surface area contributed by atoms with Gasteiger partial charge in [0.25, 0.3) is 5.91 Å². The lowest BCUT2D eigenvalue weighted by atomic mass is 9.94. The molecule has 0 aromatic heterocycles. The van der Waals surface area contributed by atoms with Crippen molar-refractivity contribution in [3.8, 4) is 6.07 Å². The van der Waals surface area contributed by atoms with Crippen LogP contribution in [0.1, 0.15) is 12.5 Å². The summed E-state index contributed by atoms with van der Waals surface area (Å²) in [7, 11) is 0. The summed E-state index contributed by atoms with van der Waals surface area (Å²) >= 11 is 0. The summed E-state index contributed by atoms with van der Waals surface area (Å²) in [6, 6.07) is 11.2. The van der Waals surface area contributed by atoms with Crippen LogP contribution in [0.25, 0.3) is 16.3 Å². The molecule has 9 heteroatoms. The summed E-state index contributed by atoms with van der Waals surface area (Å²) in [5.74, 6) is -1.27. The number of hydrogen-bond acceptors (Lipinski definition) is 5. The number of anilines is 1. The molecule has 1 amide bonds. The van der Waals surface area contributed by atoms with Crippen LogP contribution in [0, 0.1) is 11.3 Å². The summed E-state index contributed by atoms with van der Waals surface area (Å²) in [4.78, 5) is 14.2. The lowest BCUT2D eigenvalue weighted by Gasteiger charge is -2.21. The van der Waals surface area contributed by atoms with Crippen molar-refractivity contribution in [1.29, 1.82) is 5.26 Å². The molecule has 2 unspecified atom stereocenters. The summed E-state index contributed by atoms with van der Waals surface area (Å²) in [6.07, 6.45) is -6.33. The summed E-state index contributed by atoms with van der Waals surface area (Å²) in [5, 5.41) is 31.0. The van der Waals surface area contributed by atoms with Gasteiger partial charge in [0.05, 0.1) is 24.0 Å². The smallest absolute Gasteiger partial charge is 0.394 e. The number of amides is 1. The zero-order chi connectivity index (χ0) is 22.1. The lowest BCUT2D eigenvalue weighted by molar-refractivity contribution is -0.118. The van der Waals surface area contributed by atoms with E-state index in [1.165, 1.54) is 18.2 Å².